The van der Waals surface area contributed by atoms with E-state index in [1.807, 2.05) is 13.8 Å². The number of rotatable bonds is 4. The molecular formula is C9H13NO3S. The van der Waals surface area contributed by atoms with Crippen LogP contribution >= 0.6 is 11.3 Å². The van der Waals surface area contributed by atoms with Crippen molar-refractivity contribution < 1.29 is 14.6 Å². The van der Waals surface area contributed by atoms with E-state index in [-0.39, 0.29) is 6.10 Å². The third-order valence-electron chi connectivity index (χ3n) is 1.67. The Morgan fingerprint density at radius 2 is 2.21 bits per heavy atom. The van der Waals surface area contributed by atoms with Crippen LogP contribution in [-0.2, 0) is 4.79 Å². The molecule has 0 amide bonds. The van der Waals surface area contributed by atoms with Crippen LogP contribution in [0.4, 0.5) is 0 Å². The fraction of sp³-hybridized carbons (Fsp3) is 0.556. The number of hydrogen-bond acceptors (Lipinski definition) is 4. The van der Waals surface area contributed by atoms with Gasteiger partial charge in [0.25, 0.3) is 0 Å². The predicted octanol–water partition coefficient (Wildman–Crippen LogP) is 2.12. The lowest BCUT2D eigenvalue weighted by Crippen LogP contribution is -2.11. The lowest BCUT2D eigenvalue weighted by atomic mass is 10.1. The first-order valence-electron chi connectivity index (χ1n) is 4.35. The molecule has 1 heterocycles. The summed E-state index contributed by atoms with van der Waals surface area (Å²) in [7, 11) is 0. The summed E-state index contributed by atoms with van der Waals surface area (Å²) in [6.45, 7) is 5.39. The second kappa shape index (κ2) is 4.41. The van der Waals surface area contributed by atoms with Gasteiger partial charge >= 0.3 is 5.97 Å². The molecular weight excluding hydrogens is 202 g/mol. The van der Waals surface area contributed by atoms with Crippen LogP contribution in [0.3, 0.4) is 0 Å². The van der Waals surface area contributed by atoms with Crippen molar-refractivity contribution in [2.45, 2.75) is 32.8 Å². The van der Waals surface area contributed by atoms with Gasteiger partial charge in [-0.3, -0.25) is 4.79 Å². The molecule has 1 atom stereocenters. The zero-order chi connectivity index (χ0) is 10.7. The van der Waals surface area contributed by atoms with E-state index in [2.05, 4.69) is 4.98 Å². The van der Waals surface area contributed by atoms with E-state index in [0.29, 0.717) is 10.8 Å². The first-order chi connectivity index (χ1) is 6.52. The lowest BCUT2D eigenvalue weighted by Gasteiger charge is -2.10. The van der Waals surface area contributed by atoms with Crippen LogP contribution in [0.2, 0.25) is 0 Å². The van der Waals surface area contributed by atoms with Crippen molar-refractivity contribution in [1.29, 1.82) is 0 Å². The number of hydrogen-bond donors (Lipinski definition) is 1. The van der Waals surface area contributed by atoms with Gasteiger partial charge in [-0.25, -0.2) is 4.98 Å². The minimum Gasteiger partial charge on any atom is -0.481 e. The molecule has 4 nitrogen and oxygen atoms in total. The minimum atomic E-state index is -0.858. The molecule has 1 unspecified atom stereocenters. The maximum absolute atomic E-state index is 10.8. The first-order valence-corrected chi connectivity index (χ1v) is 5.23. The molecule has 14 heavy (non-hydrogen) atoms. The van der Waals surface area contributed by atoms with Gasteiger partial charge in [-0.15, -0.1) is 11.3 Å². The van der Waals surface area contributed by atoms with Crippen LogP contribution in [0.1, 0.15) is 31.6 Å². The zero-order valence-electron chi connectivity index (χ0n) is 8.35. The van der Waals surface area contributed by atoms with E-state index in [4.69, 9.17) is 9.84 Å². The van der Waals surface area contributed by atoms with E-state index in [9.17, 15) is 4.79 Å². The Labute approximate surface area is 86.6 Å². The summed E-state index contributed by atoms with van der Waals surface area (Å²) < 4.78 is 5.39. The number of ether oxygens (including phenoxy) is 1. The summed E-state index contributed by atoms with van der Waals surface area (Å²) >= 11 is 1.31. The lowest BCUT2D eigenvalue weighted by molar-refractivity contribution is -0.138. The largest absolute Gasteiger partial charge is 0.481 e. The molecule has 0 aliphatic carbocycles. The highest BCUT2D eigenvalue weighted by Crippen LogP contribution is 2.30. The molecule has 0 fully saturated rings. The average molecular weight is 215 g/mol. The van der Waals surface area contributed by atoms with Gasteiger partial charge in [-0.1, -0.05) is 0 Å². The topological polar surface area (TPSA) is 59.4 Å². The zero-order valence-corrected chi connectivity index (χ0v) is 9.17. The molecule has 0 saturated carbocycles. The highest BCUT2D eigenvalue weighted by Gasteiger charge is 2.21. The number of carbonyl (C=O) groups is 1. The van der Waals surface area contributed by atoms with Crippen molar-refractivity contribution in [2.24, 2.45) is 0 Å². The molecule has 0 radical (unpaired) electrons. The maximum atomic E-state index is 10.8. The average Bonchev–Trinajstić information content (AvgIpc) is 2.49. The van der Waals surface area contributed by atoms with Gasteiger partial charge in [-0.2, -0.15) is 0 Å². The number of thiazole rings is 1. The van der Waals surface area contributed by atoms with E-state index in [1.165, 1.54) is 11.3 Å². The van der Waals surface area contributed by atoms with Gasteiger partial charge in [0.15, 0.2) is 0 Å². The van der Waals surface area contributed by atoms with Crippen LogP contribution < -0.4 is 4.74 Å². The number of aliphatic carboxylic acids is 1. The van der Waals surface area contributed by atoms with Crippen molar-refractivity contribution >= 4 is 17.3 Å². The highest BCUT2D eigenvalue weighted by molar-refractivity contribution is 7.10. The Morgan fingerprint density at radius 1 is 1.57 bits per heavy atom. The molecule has 0 bridgehead atoms. The monoisotopic (exact) mass is 215 g/mol. The van der Waals surface area contributed by atoms with Crippen molar-refractivity contribution in [1.82, 2.24) is 4.98 Å². The van der Waals surface area contributed by atoms with Gasteiger partial charge in [0.1, 0.15) is 0 Å². The molecule has 1 N–H and O–H groups in total. The number of aromatic nitrogens is 1. The molecule has 0 spiro atoms. The van der Waals surface area contributed by atoms with Gasteiger partial charge in [0, 0.05) is 0 Å². The minimum absolute atomic E-state index is 0.0110. The summed E-state index contributed by atoms with van der Waals surface area (Å²) in [5.74, 6) is -0.973. The molecule has 1 rings (SSSR count). The summed E-state index contributed by atoms with van der Waals surface area (Å²) in [5.41, 5.74) is 1.60. The van der Waals surface area contributed by atoms with E-state index >= 15 is 0 Å². The Hall–Kier alpha value is -1.10. The third kappa shape index (κ3) is 2.45. The SMILES string of the molecule is CC(C)Oc1ncsc1C(C)C(=O)O. The number of carboxylic acid groups (broad SMARTS) is 1. The smallest absolute Gasteiger partial charge is 0.311 e. The van der Waals surface area contributed by atoms with Gasteiger partial charge in [-0.05, 0) is 20.8 Å². The fourth-order valence-corrected chi connectivity index (χ4v) is 1.72. The van der Waals surface area contributed by atoms with Crippen molar-refractivity contribution in [3.63, 3.8) is 0 Å². The molecule has 0 aliphatic rings. The standard InChI is InChI=1S/C9H13NO3S/c1-5(2)13-8-7(14-4-10-8)6(3)9(11)12/h4-6H,1-3H3,(H,11,12). The first kappa shape index (κ1) is 11.0. The van der Waals surface area contributed by atoms with Gasteiger partial charge in [0.2, 0.25) is 5.88 Å². The van der Waals surface area contributed by atoms with Crippen LogP contribution in [0.5, 0.6) is 5.88 Å². The Kier molecular flexibility index (Phi) is 3.46. The van der Waals surface area contributed by atoms with E-state index < -0.39 is 11.9 Å². The fourth-order valence-electron chi connectivity index (χ4n) is 0.956. The quantitative estimate of drug-likeness (QED) is 0.835. The summed E-state index contributed by atoms with van der Waals surface area (Å²) in [6.07, 6.45) is 0.0110. The summed E-state index contributed by atoms with van der Waals surface area (Å²) in [4.78, 5) is 15.4. The Bertz CT molecular complexity index is 322. The van der Waals surface area contributed by atoms with E-state index in [1.54, 1.807) is 12.4 Å². The normalized spacial score (nSPS) is 12.9. The molecule has 5 heteroatoms. The van der Waals surface area contributed by atoms with Crippen LogP contribution in [0.25, 0.3) is 0 Å². The molecule has 0 aliphatic heterocycles. The molecule has 0 saturated heterocycles. The maximum Gasteiger partial charge on any atom is 0.311 e. The number of nitrogens with zero attached hydrogens (tertiary/aromatic N) is 1. The van der Waals surface area contributed by atoms with Gasteiger partial charge < -0.3 is 9.84 Å². The predicted molar refractivity (Wildman–Crippen MR) is 53.9 cm³/mol. The van der Waals surface area contributed by atoms with Crippen molar-refractivity contribution in [3.8, 4) is 5.88 Å². The Morgan fingerprint density at radius 3 is 2.71 bits per heavy atom. The molecule has 1 aromatic heterocycles. The van der Waals surface area contributed by atoms with Crippen molar-refractivity contribution in [2.75, 3.05) is 0 Å². The second-order valence-corrected chi connectivity index (χ2v) is 4.13. The van der Waals surface area contributed by atoms with Crippen molar-refractivity contribution in [3.05, 3.63) is 10.4 Å². The van der Waals surface area contributed by atoms with Gasteiger partial charge in [0.05, 0.1) is 22.4 Å². The Balaban J connectivity index is 2.86. The number of carboxylic acids is 1. The second-order valence-electron chi connectivity index (χ2n) is 3.25. The van der Waals surface area contributed by atoms with E-state index in [0.717, 1.165) is 0 Å². The van der Waals surface area contributed by atoms with Crippen LogP contribution in [0.15, 0.2) is 5.51 Å². The molecule has 78 valence electrons. The van der Waals surface area contributed by atoms with Crippen LogP contribution in [-0.4, -0.2) is 22.2 Å². The summed E-state index contributed by atoms with van der Waals surface area (Å²) in [6, 6.07) is 0. The molecule has 1 aromatic rings. The van der Waals surface area contributed by atoms with Crippen LogP contribution in [0, 0.1) is 0 Å². The third-order valence-corrected chi connectivity index (χ3v) is 2.66. The molecule has 0 aromatic carbocycles. The summed E-state index contributed by atoms with van der Waals surface area (Å²) in [5, 5.41) is 8.84. The highest BCUT2D eigenvalue weighted by atomic mass is 32.1.